The fraction of sp³-hybridized carbons (Fsp3) is 0.625. The van der Waals surface area contributed by atoms with Crippen LogP contribution >= 0.6 is 0 Å². The van der Waals surface area contributed by atoms with Gasteiger partial charge in [-0.2, -0.15) is 17.0 Å². The maximum absolute atomic E-state index is 12.8. The summed E-state index contributed by atoms with van der Waals surface area (Å²) in [6.45, 7) is 5.31. The summed E-state index contributed by atoms with van der Waals surface area (Å²) in [7, 11) is -1.40. The number of likely N-dealkylation sites (N-methyl/N-ethyl adjacent to an activating group) is 1. The van der Waals surface area contributed by atoms with E-state index >= 15 is 0 Å². The highest BCUT2D eigenvalue weighted by Crippen LogP contribution is 2.18. The molecule has 2 heterocycles. The molecule has 0 aliphatic carbocycles. The summed E-state index contributed by atoms with van der Waals surface area (Å²) in [5, 5.41) is 10.9. The van der Waals surface area contributed by atoms with Gasteiger partial charge in [0.1, 0.15) is 0 Å². The number of benzene rings is 1. The molecule has 3 rings (SSSR count). The lowest BCUT2D eigenvalue weighted by Crippen LogP contribution is -2.56. The lowest BCUT2D eigenvalue weighted by molar-refractivity contribution is -0.384. The summed E-state index contributed by atoms with van der Waals surface area (Å²) in [5.74, 6) is 0. The maximum Gasteiger partial charge on any atom is 0.282 e. The Bertz CT molecular complexity index is 741. The highest BCUT2D eigenvalue weighted by atomic mass is 32.2. The van der Waals surface area contributed by atoms with E-state index in [9.17, 15) is 18.5 Å². The van der Waals surface area contributed by atoms with Crippen LogP contribution in [0.25, 0.3) is 0 Å². The van der Waals surface area contributed by atoms with Gasteiger partial charge in [0, 0.05) is 71.0 Å². The van der Waals surface area contributed by atoms with Crippen molar-refractivity contribution in [2.45, 2.75) is 6.54 Å². The van der Waals surface area contributed by atoms with Gasteiger partial charge in [0.15, 0.2) is 0 Å². The average Bonchev–Trinajstić information content (AvgIpc) is 2.63. The van der Waals surface area contributed by atoms with Gasteiger partial charge < -0.3 is 4.90 Å². The minimum absolute atomic E-state index is 0.0822. The third-order valence-corrected chi connectivity index (χ3v) is 7.01. The summed E-state index contributed by atoms with van der Waals surface area (Å²) in [6, 6.07) is 6.60. The van der Waals surface area contributed by atoms with E-state index in [-0.39, 0.29) is 5.69 Å². The predicted octanol–water partition coefficient (Wildman–Crippen LogP) is 0.205. The first-order valence-corrected chi connectivity index (χ1v) is 10.2. The van der Waals surface area contributed by atoms with Gasteiger partial charge in [0.2, 0.25) is 0 Å². The fourth-order valence-corrected chi connectivity index (χ4v) is 4.90. The molecule has 2 saturated heterocycles. The van der Waals surface area contributed by atoms with Crippen LogP contribution in [0.1, 0.15) is 5.56 Å². The highest BCUT2D eigenvalue weighted by molar-refractivity contribution is 7.86. The monoisotopic (exact) mass is 383 g/mol. The topological polar surface area (TPSA) is 90.2 Å². The van der Waals surface area contributed by atoms with Crippen LogP contribution in [-0.4, -0.2) is 91.2 Å². The zero-order chi connectivity index (χ0) is 18.7. The van der Waals surface area contributed by atoms with Gasteiger partial charge in [-0.1, -0.05) is 12.1 Å². The van der Waals surface area contributed by atoms with Crippen LogP contribution in [0.5, 0.6) is 0 Å². The molecule has 2 aliphatic heterocycles. The van der Waals surface area contributed by atoms with Crippen molar-refractivity contribution < 1.29 is 13.3 Å². The Morgan fingerprint density at radius 2 is 1.58 bits per heavy atom. The molecule has 0 unspecified atom stereocenters. The van der Waals surface area contributed by atoms with Crippen LogP contribution in [0.3, 0.4) is 0 Å². The van der Waals surface area contributed by atoms with Crippen molar-refractivity contribution in [3.8, 4) is 0 Å². The Labute approximate surface area is 154 Å². The summed E-state index contributed by atoms with van der Waals surface area (Å²) in [4.78, 5) is 14.7. The average molecular weight is 383 g/mol. The Balaban J connectivity index is 1.55. The van der Waals surface area contributed by atoms with E-state index in [1.807, 2.05) is 13.1 Å². The molecule has 144 valence electrons. The first kappa shape index (κ1) is 19.2. The minimum atomic E-state index is -3.40. The third kappa shape index (κ3) is 4.38. The second-order valence-electron chi connectivity index (χ2n) is 6.81. The Hall–Kier alpha value is -1.59. The van der Waals surface area contributed by atoms with E-state index in [4.69, 9.17) is 0 Å². The van der Waals surface area contributed by atoms with Gasteiger partial charge in [-0.15, -0.1) is 0 Å². The standard InChI is InChI=1S/C16H25N5O4S/c1-17-5-9-19(10-6-17)26(24,25)20-11-7-18(8-12-20)14-15-3-2-4-16(13-15)21(22)23/h2-4,13H,5-12,14H2,1H3. The van der Waals surface area contributed by atoms with E-state index in [1.54, 1.807) is 20.7 Å². The van der Waals surface area contributed by atoms with Crippen LogP contribution in [0, 0.1) is 10.1 Å². The van der Waals surface area contributed by atoms with Gasteiger partial charge in [0.25, 0.3) is 15.9 Å². The summed E-state index contributed by atoms with van der Waals surface area (Å²) in [5.41, 5.74) is 0.952. The van der Waals surface area contributed by atoms with Crippen molar-refractivity contribution in [1.82, 2.24) is 18.4 Å². The smallest absolute Gasteiger partial charge is 0.282 e. The molecule has 10 heteroatoms. The van der Waals surface area contributed by atoms with E-state index in [0.717, 1.165) is 18.7 Å². The number of nitrogens with zero attached hydrogens (tertiary/aromatic N) is 5. The Kier molecular flexibility index (Phi) is 5.88. The van der Waals surface area contributed by atoms with Crippen LogP contribution in [0.4, 0.5) is 5.69 Å². The minimum Gasteiger partial charge on any atom is -0.304 e. The molecule has 9 nitrogen and oxygen atoms in total. The predicted molar refractivity (Wildman–Crippen MR) is 97.9 cm³/mol. The first-order chi connectivity index (χ1) is 12.4. The summed E-state index contributed by atoms with van der Waals surface area (Å²) >= 11 is 0. The number of hydrogen-bond donors (Lipinski definition) is 0. The molecule has 26 heavy (non-hydrogen) atoms. The van der Waals surface area contributed by atoms with Crippen molar-refractivity contribution in [2.24, 2.45) is 0 Å². The van der Waals surface area contributed by atoms with Crippen LogP contribution in [0.2, 0.25) is 0 Å². The molecule has 0 radical (unpaired) electrons. The largest absolute Gasteiger partial charge is 0.304 e. The zero-order valence-corrected chi connectivity index (χ0v) is 15.8. The second kappa shape index (κ2) is 7.97. The van der Waals surface area contributed by atoms with Crippen molar-refractivity contribution in [2.75, 3.05) is 59.4 Å². The number of rotatable bonds is 5. The Morgan fingerprint density at radius 1 is 1.00 bits per heavy atom. The van der Waals surface area contributed by atoms with Gasteiger partial charge in [-0.25, -0.2) is 0 Å². The number of nitro groups is 1. The molecule has 1 aromatic carbocycles. The van der Waals surface area contributed by atoms with E-state index in [0.29, 0.717) is 45.8 Å². The molecule has 0 atom stereocenters. The third-order valence-electron chi connectivity index (χ3n) is 4.97. The fourth-order valence-electron chi connectivity index (χ4n) is 3.33. The molecule has 2 fully saturated rings. The number of nitro benzene ring substituents is 1. The molecular weight excluding hydrogens is 358 g/mol. The molecule has 0 N–H and O–H groups in total. The maximum atomic E-state index is 12.8. The van der Waals surface area contributed by atoms with Crippen molar-refractivity contribution in [3.05, 3.63) is 39.9 Å². The number of non-ortho nitro benzene ring substituents is 1. The van der Waals surface area contributed by atoms with Crippen LogP contribution in [-0.2, 0) is 16.8 Å². The van der Waals surface area contributed by atoms with Gasteiger partial charge in [0.05, 0.1) is 4.92 Å². The molecule has 0 aromatic heterocycles. The Morgan fingerprint density at radius 3 is 2.15 bits per heavy atom. The van der Waals surface area contributed by atoms with Crippen molar-refractivity contribution in [1.29, 1.82) is 0 Å². The number of piperazine rings is 2. The molecule has 0 saturated carbocycles. The quantitative estimate of drug-likeness (QED) is 0.533. The van der Waals surface area contributed by atoms with Gasteiger partial charge in [-0.3, -0.25) is 15.0 Å². The normalized spacial score (nSPS) is 21.7. The van der Waals surface area contributed by atoms with Gasteiger partial charge >= 0.3 is 0 Å². The zero-order valence-electron chi connectivity index (χ0n) is 15.0. The molecule has 1 aromatic rings. The van der Waals surface area contributed by atoms with E-state index in [2.05, 4.69) is 9.80 Å². The first-order valence-electron chi connectivity index (χ1n) is 8.76. The highest BCUT2D eigenvalue weighted by Gasteiger charge is 2.33. The second-order valence-corrected chi connectivity index (χ2v) is 8.74. The van der Waals surface area contributed by atoms with Crippen LogP contribution in [0.15, 0.2) is 24.3 Å². The van der Waals surface area contributed by atoms with E-state index in [1.165, 1.54) is 6.07 Å². The van der Waals surface area contributed by atoms with Gasteiger partial charge in [-0.05, 0) is 12.6 Å². The lowest BCUT2D eigenvalue weighted by Gasteiger charge is -2.39. The molecule has 0 bridgehead atoms. The van der Waals surface area contributed by atoms with Crippen molar-refractivity contribution in [3.63, 3.8) is 0 Å². The summed E-state index contributed by atoms with van der Waals surface area (Å²) < 4.78 is 28.7. The molecular formula is C16H25N5O4S. The van der Waals surface area contributed by atoms with Crippen LogP contribution < -0.4 is 0 Å². The molecule has 2 aliphatic rings. The summed E-state index contributed by atoms with van der Waals surface area (Å²) in [6.07, 6.45) is 0. The molecule has 0 amide bonds. The van der Waals surface area contributed by atoms with Crippen molar-refractivity contribution >= 4 is 15.9 Å². The SMILES string of the molecule is CN1CCN(S(=O)(=O)N2CCN(Cc3cccc([N+](=O)[O-])c3)CC2)CC1. The lowest BCUT2D eigenvalue weighted by atomic mass is 10.2. The molecule has 0 spiro atoms. The van der Waals surface area contributed by atoms with E-state index < -0.39 is 15.1 Å². The number of hydrogen-bond acceptors (Lipinski definition) is 6.